The van der Waals surface area contributed by atoms with Gasteiger partial charge in [0.25, 0.3) is 0 Å². The van der Waals surface area contributed by atoms with Crippen molar-refractivity contribution in [3.8, 4) is 0 Å². The van der Waals surface area contributed by atoms with E-state index < -0.39 is 0 Å². The van der Waals surface area contributed by atoms with Gasteiger partial charge in [-0.3, -0.25) is 0 Å². The third-order valence-electron chi connectivity index (χ3n) is 3.83. The Bertz CT molecular complexity index is 457. The van der Waals surface area contributed by atoms with Crippen LogP contribution in [0.1, 0.15) is 58.0 Å². The number of hydrogen-bond acceptors (Lipinski definition) is 4. The largest absolute Gasteiger partial charge is 0.348 e. The van der Waals surface area contributed by atoms with E-state index in [4.69, 9.17) is 4.98 Å². The monoisotopic (exact) mass is 295 g/mol. The molecule has 1 aromatic heterocycles. The lowest BCUT2D eigenvalue weighted by atomic mass is 9.84. The fourth-order valence-electron chi connectivity index (χ4n) is 2.64. The molecule has 0 spiro atoms. The molecule has 3 nitrogen and oxygen atoms in total. The van der Waals surface area contributed by atoms with Crippen molar-refractivity contribution in [2.24, 2.45) is 5.41 Å². The standard InChI is InChI=1S/C16H29N3S/c1-12-13(10-17-15(2,3)4)20-14(18-12)19-9-7-8-16(5,6)11-19/h17H,7-11H2,1-6H3. The minimum atomic E-state index is 0.156. The minimum absolute atomic E-state index is 0.156. The summed E-state index contributed by atoms with van der Waals surface area (Å²) >= 11 is 1.86. The number of thiazole rings is 1. The number of piperidine rings is 1. The molecule has 1 aliphatic rings. The Hall–Kier alpha value is -0.610. The summed E-state index contributed by atoms with van der Waals surface area (Å²) in [5.74, 6) is 0. The van der Waals surface area contributed by atoms with Crippen molar-refractivity contribution in [1.82, 2.24) is 10.3 Å². The number of hydrogen-bond donors (Lipinski definition) is 1. The van der Waals surface area contributed by atoms with Crippen LogP contribution in [0.3, 0.4) is 0 Å². The second-order valence-corrected chi connectivity index (χ2v) is 8.86. The van der Waals surface area contributed by atoms with Gasteiger partial charge in [0.05, 0.1) is 5.69 Å². The number of aromatic nitrogens is 1. The lowest BCUT2D eigenvalue weighted by molar-refractivity contribution is 0.293. The summed E-state index contributed by atoms with van der Waals surface area (Å²) in [7, 11) is 0. The molecule has 1 fully saturated rings. The second-order valence-electron chi connectivity index (χ2n) is 7.80. The van der Waals surface area contributed by atoms with Crippen LogP contribution in [-0.2, 0) is 6.54 Å². The zero-order chi connectivity index (χ0) is 15.0. The molecule has 0 unspecified atom stereocenters. The summed E-state index contributed by atoms with van der Waals surface area (Å²) in [6, 6.07) is 0. The van der Waals surface area contributed by atoms with Crippen LogP contribution in [0.4, 0.5) is 5.13 Å². The van der Waals surface area contributed by atoms with Crippen molar-refractivity contribution in [2.45, 2.75) is 66.5 Å². The van der Waals surface area contributed by atoms with Crippen LogP contribution in [-0.4, -0.2) is 23.6 Å². The Morgan fingerprint density at radius 2 is 2.05 bits per heavy atom. The summed E-state index contributed by atoms with van der Waals surface area (Å²) in [5, 5.41) is 4.77. The Balaban J connectivity index is 2.07. The van der Waals surface area contributed by atoms with Crippen LogP contribution in [0.25, 0.3) is 0 Å². The predicted molar refractivity (Wildman–Crippen MR) is 88.7 cm³/mol. The topological polar surface area (TPSA) is 28.2 Å². The maximum Gasteiger partial charge on any atom is 0.185 e. The fraction of sp³-hybridized carbons (Fsp3) is 0.812. The van der Waals surface area contributed by atoms with E-state index in [1.165, 1.54) is 28.5 Å². The van der Waals surface area contributed by atoms with Gasteiger partial charge in [0.1, 0.15) is 0 Å². The van der Waals surface area contributed by atoms with E-state index in [1.54, 1.807) is 0 Å². The molecule has 1 N–H and O–H groups in total. The van der Waals surface area contributed by atoms with E-state index >= 15 is 0 Å². The van der Waals surface area contributed by atoms with E-state index in [9.17, 15) is 0 Å². The molecule has 1 saturated heterocycles. The second kappa shape index (κ2) is 5.64. The summed E-state index contributed by atoms with van der Waals surface area (Å²) < 4.78 is 0. The molecular formula is C16H29N3S. The predicted octanol–water partition coefficient (Wildman–Crippen LogP) is 3.97. The molecule has 20 heavy (non-hydrogen) atoms. The number of anilines is 1. The highest BCUT2D eigenvalue weighted by Gasteiger charge is 2.28. The van der Waals surface area contributed by atoms with Crippen LogP contribution < -0.4 is 10.2 Å². The van der Waals surface area contributed by atoms with Crippen molar-refractivity contribution in [3.05, 3.63) is 10.6 Å². The van der Waals surface area contributed by atoms with Crippen molar-refractivity contribution in [1.29, 1.82) is 0 Å². The van der Waals surface area contributed by atoms with Crippen molar-refractivity contribution >= 4 is 16.5 Å². The van der Waals surface area contributed by atoms with Crippen LogP contribution in [0.2, 0.25) is 0 Å². The third kappa shape index (κ3) is 4.19. The maximum absolute atomic E-state index is 4.80. The number of nitrogens with zero attached hydrogens (tertiary/aromatic N) is 2. The summed E-state index contributed by atoms with van der Waals surface area (Å²) in [4.78, 5) is 8.65. The summed E-state index contributed by atoms with van der Waals surface area (Å²) in [5.41, 5.74) is 1.76. The van der Waals surface area contributed by atoms with Crippen molar-refractivity contribution in [3.63, 3.8) is 0 Å². The van der Waals surface area contributed by atoms with E-state index in [0.29, 0.717) is 5.41 Å². The summed E-state index contributed by atoms with van der Waals surface area (Å²) in [6.45, 7) is 16.7. The van der Waals surface area contributed by atoms with Crippen LogP contribution >= 0.6 is 11.3 Å². The average molecular weight is 295 g/mol. The SMILES string of the molecule is Cc1nc(N2CCCC(C)(C)C2)sc1CNC(C)(C)C. The molecule has 0 aromatic carbocycles. The molecule has 2 rings (SSSR count). The number of aryl methyl sites for hydroxylation is 1. The molecule has 0 saturated carbocycles. The zero-order valence-electron chi connectivity index (χ0n) is 13.8. The van der Waals surface area contributed by atoms with E-state index in [1.807, 2.05) is 11.3 Å². The normalized spacial score (nSPS) is 19.4. The molecule has 2 heterocycles. The highest BCUT2D eigenvalue weighted by atomic mass is 32.1. The van der Waals surface area contributed by atoms with Gasteiger partial charge >= 0.3 is 0 Å². The van der Waals surface area contributed by atoms with Gasteiger partial charge in [0.15, 0.2) is 5.13 Å². The number of nitrogens with one attached hydrogen (secondary N) is 1. The third-order valence-corrected chi connectivity index (χ3v) is 5.05. The molecule has 1 aliphatic heterocycles. The maximum atomic E-state index is 4.80. The van der Waals surface area contributed by atoms with Gasteiger partial charge in [0.2, 0.25) is 0 Å². The molecule has 0 radical (unpaired) electrons. The fourth-order valence-corrected chi connectivity index (χ4v) is 3.67. The lowest BCUT2D eigenvalue weighted by Gasteiger charge is -2.37. The Kier molecular flexibility index (Phi) is 4.45. The Morgan fingerprint density at radius 3 is 2.65 bits per heavy atom. The zero-order valence-corrected chi connectivity index (χ0v) is 14.7. The highest BCUT2D eigenvalue weighted by molar-refractivity contribution is 7.15. The Morgan fingerprint density at radius 1 is 1.35 bits per heavy atom. The molecule has 4 heteroatoms. The first kappa shape index (κ1) is 15.8. The summed E-state index contributed by atoms with van der Waals surface area (Å²) in [6.07, 6.45) is 2.60. The molecule has 1 aromatic rings. The first-order valence-electron chi connectivity index (χ1n) is 7.63. The molecule has 0 amide bonds. The first-order valence-corrected chi connectivity index (χ1v) is 8.44. The van der Waals surface area contributed by atoms with Crippen LogP contribution in [0.15, 0.2) is 0 Å². The smallest absolute Gasteiger partial charge is 0.185 e. The molecular weight excluding hydrogens is 266 g/mol. The first-order chi connectivity index (χ1) is 9.16. The molecule has 0 aliphatic carbocycles. The van der Waals surface area contributed by atoms with Crippen LogP contribution in [0, 0.1) is 12.3 Å². The molecule has 0 atom stereocenters. The van der Waals surface area contributed by atoms with Gasteiger partial charge in [-0.05, 0) is 46.0 Å². The van der Waals surface area contributed by atoms with Crippen LogP contribution in [0.5, 0.6) is 0 Å². The van der Waals surface area contributed by atoms with Gasteiger partial charge in [0, 0.05) is 30.1 Å². The van der Waals surface area contributed by atoms with Gasteiger partial charge < -0.3 is 10.2 Å². The van der Waals surface area contributed by atoms with Gasteiger partial charge in [-0.25, -0.2) is 4.98 Å². The average Bonchev–Trinajstić information content (AvgIpc) is 2.66. The quantitative estimate of drug-likeness (QED) is 0.914. The van der Waals surface area contributed by atoms with E-state index in [2.05, 4.69) is 51.8 Å². The highest BCUT2D eigenvalue weighted by Crippen LogP contribution is 2.34. The minimum Gasteiger partial charge on any atom is -0.348 e. The Labute approximate surface area is 127 Å². The lowest BCUT2D eigenvalue weighted by Crippen LogP contribution is -2.40. The van der Waals surface area contributed by atoms with Crippen molar-refractivity contribution in [2.75, 3.05) is 18.0 Å². The molecule has 114 valence electrons. The van der Waals surface area contributed by atoms with Gasteiger partial charge in [-0.15, -0.1) is 11.3 Å². The van der Waals surface area contributed by atoms with E-state index in [-0.39, 0.29) is 5.54 Å². The van der Waals surface area contributed by atoms with E-state index in [0.717, 1.165) is 19.6 Å². The number of rotatable bonds is 3. The van der Waals surface area contributed by atoms with Gasteiger partial charge in [-0.1, -0.05) is 13.8 Å². The molecule has 0 bridgehead atoms. The van der Waals surface area contributed by atoms with Crippen molar-refractivity contribution < 1.29 is 0 Å². The van der Waals surface area contributed by atoms with Gasteiger partial charge in [-0.2, -0.15) is 0 Å².